The number of non-ortho nitro benzene ring substituents is 1. The average molecular weight is 586 g/mol. The lowest BCUT2D eigenvalue weighted by Crippen LogP contribution is -2.38. The number of sulfone groups is 1. The Kier molecular flexibility index (Phi) is 11.5. The molecule has 0 aliphatic carbocycles. The second-order valence-corrected chi connectivity index (χ2v) is 14.2. The summed E-state index contributed by atoms with van der Waals surface area (Å²) < 4.78 is 25.1. The summed E-state index contributed by atoms with van der Waals surface area (Å²) in [4.78, 5) is 25.8. The summed E-state index contributed by atoms with van der Waals surface area (Å²) >= 11 is 0. The van der Waals surface area contributed by atoms with Gasteiger partial charge in [-0.05, 0) is 81.6 Å². The summed E-state index contributed by atoms with van der Waals surface area (Å²) in [5.41, 5.74) is 1.62. The van der Waals surface area contributed by atoms with Gasteiger partial charge >= 0.3 is 6.09 Å². The molecule has 1 fully saturated rings. The Morgan fingerprint density at radius 3 is 2.32 bits per heavy atom. The molecule has 1 N–H and O–H groups in total. The minimum absolute atomic E-state index is 0.0226. The number of piperidine rings is 1. The zero-order valence-corrected chi connectivity index (χ0v) is 25.1. The van der Waals surface area contributed by atoms with Crippen molar-refractivity contribution >= 4 is 21.6 Å². The molecule has 41 heavy (non-hydrogen) atoms. The number of amides is 1. The lowest BCUT2D eigenvalue weighted by molar-refractivity contribution is -0.384. The predicted molar refractivity (Wildman–Crippen MR) is 162 cm³/mol. The van der Waals surface area contributed by atoms with E-state index in [0.29, 0.717) is 17.9 Å². The number of hydrogen-bond donors (Lipinski definition) is 1. The molecule has 10 heteroatoms. The third-order valence-electron chi connectivity index (χ3n) is 8.26. The fraction of sp³-hybridized carbons (Fsp3) is 0.516. The highest BCUT2D eigenvalue weighted by Crippen LogP contribution is 2.33. The quantitative estimate of drug-likeness (QED) is 0.166. The molecule has 0 saturated carbocycles. The van der Waals surface area contributed by atoms with Crippen molar-refractivity contribution in [3.8, 4) is 0 Å². The number of carbonyl (C=O) groups is 1. The van der Waals surface area contributed by atoms with E-state index in [0.717, 1.165) is 38.9 Å². The van der Waals surface area contributed by atoms with Gasteiger partial charge in [0.2, 0.25) is 0 Å². The van der Waals surface area contributed by atoms with Crippen LogP contribution in [0.2, 0.25) is 0 Å². The Balaban J connectivity index is 1.50. The maximum atomic E-state index is 12.6. The van der Waals surface area contributed by atoms with Crippen LogP contribution >= 0.6 is 0 Å². The van der Waals surface area contributed by atoms with E-state index in [4.69, 9.17) is 0 Å². The summed E-state index contributed by atoms with van der Waals surface area (Å²) in [5, 5.41) is 20.1. The highest BCUT2D eigenvalue weighted by Gasteiger charge is 2.31. The Morgan fingerprint density at radius 1 is 1.12 bits per heavy atom. The van der Waals surface area contributed by atoms with Gasteiger partial charge in [-0.2, -0.15) is 0 Å². The molecule has 1 saturated heterocycles. The number of benzene rings is 2. The Morgan fingerprint density at radius 2 is 1.76 bits per heavy atom. The fourth-order valence-corrected chi connectivity index (χ4v) is 6.37. The molecule has 3 rings (SSSR count). The second kappa shape index (κ2) is 14.6. The van der Waals surface area contributed by atoms with Gasteiger partial charge in [-0.1, -0.05) is 61.5 Å². The largest absolute Gasteiger partial charge is 0.465 e. The molecule has 1 aliphatic rings. The zero-order chi connectivity index (χ0) is 30.0. The van der Waals surface area contributed by atoms with Crippen molar-refractivity contribution in [2.45, 2.75) is 63.7 Å². The highest BCUT2D eigenvalue weighted by atomic mass is 32.2. The first-order chi connectivity index (χ1) is 19.4. The van der Waals surface area contributed by atoms with Gasteiger partial charge < -0.3 is 14.9 Å². The summed E-state index contributed by atoms with van der Waals surface area (Å²) in [6.07, 6.45) is 6.41. The van der Waals surface area contributed by atoms with Crippen molar-refractivity contribution in [1.29, 1.82) is 0 Å². The minimum atomic E-state index is -3.12. The summed E-state index contributed by atoms with van der Waals surface area (Å²) in [5.74, 6) is 0.554. The molecule has 9 nitrogen and oxygen atoms in total. The van der Waals surface area contributed by atoms with E-state index >= 15 is 0 Å². The van der Waals surface area contributed by atoms with E-state index in [9.17, 15) is 28.4 Å². The molecule has 0 aromatic heterocycles. The lowest BCUT2D eigenvalue weighted by Gasteiger charge is -2.36. The minimum Gasteiger partial charge on any atom is -0.465 e. The molecule has 1 unspecified atom stereocenters. The van der Waals surface area contributed by atoms with Crippen molar-refractivity contribution < 1.29 is 23.2 Å². The molecule has 1 aliphatic heterocycles. The van der Waals surface area contributed by atoms with Crippen LogP contribution in [0.1, 0.15) is 57.6 Å². The molecule has 1 atom stereocenters. The van der Waals surface area contributed by atoms with Crippen molar-refractivity contribution in [3.63, 3.8) is 0 Å². The SMILES string of the molecule is CC(C)S(=O)(=O)CCC(C)(CCN1CCC(C=CCN(Cc2ccc([N+](=O)[O-])cc2)C(=O)O)CC1)c1ccccc1. The number of likely N-dealkylation sites (tertiary alicyclic amines) is 1. The third-order valence-corrected chi connectivity index (χ3v) is 10.5. The van der Waals surface area contributed by atoms with Crippen LogP contribution in [0.4, 0.5) is 10.5 Å². The number of hydrogen-bond acceptors (Lipinski definition) is 6. The number of nitro benzene ring substituents is 1. The molecule has 0 spiro atoms. The lowest BCUT2D eigenvalue weighted by atomic mass is 9.77. The van der Waals surface area contributed by atoms with Crippen LogP contribution in [0.15, 0.2) is 66.7 Å². The van der Waals surface area contributed by atoms with Crippen LogP contribution in [0.5, 0.6) is 0 Å². The molecule has 224 valence electrons. The van der Waals surface area contributed by atoms with Crippen molar-refractivity contribution in [2.24, 2.45) is 5.92 Å². The molecular formula is C31H43N3O6S. The Hall–Kier alpha value is -3.24. The number of allylic oxidation sites excluding steroid dienone is 1. The first kappa shape index (κ1) is 32.3. The van der Waals surface area contributed by atoms with Crippen LogP contribution in [-0.4, -0.2) is 71.5 Å². The first-order valence-electron chi connectivity index (χ1n) is 14.3. The Bertz CT molecular complexity index is 1270. The monoisotopic (exact) mass is 585 g/mol. The molecule has 2 aromatic carbocycles. The molecule has 1 amide bonds. The summed E-state index contributed by atoms with van der Waals surface area (Å²) in [6.45, 7) is 8.85. The van der Waals surface area contributed by atoms with Gasteiger partial charge in [0.1, 0.15) is 0 Å². The molecular weight excluding hydrogens is 542 g/mol. The number of carboxylic acid groups (broad SMARTS) is 1. The van der Waals surface area contributed by atoms with Crippen molar-refractivity contribution in [3.05, 3.63) is 88.0 Å². The smallest absolute Gasteiger partial charge is 0.407 e. The van der Waals surface area contributed by atoms with E-state index in [1.54, 1.807) is 26.0 Å². The normalized spacial score (nSPS) is 16.6. The van der Waals surface area contributed by atoms with Crippen LogP contribution < -0.4 is 0 Å². The van der Waals surface area contributed by atoms with Gasteiger partial charge in [0.15, 0.2) is 9.84 Å². The van der Waals surface area contributed by atoms with E-state index in [-0.39, 0.29) is 35.2 Å². The summed E-state index contributed by atoms with van der Waals surface area (Å²) in [7, 11) is -3.12. The number of nitro groups is 1. The van der Waals surface area contributed by atoms with Crippen LogP contribution in [0, 0.1) is 16.0 Å². The van der Waals surface area contributed by atoms with E-state index in [1.807, 2.05) is 24.3 Å². The van der Waals surface area contributed by atoms with Crippen LogP contribution in [0.3, 0.4) is 0 Å². The Labute approximate surface area is 243 Å². The van der Waals surface area contributed by atoms with Gasteiger partial charge in [0, 0.05) is 25.2 Å². The highest BCUT2D eigenvalue weighted by molar-refractivity contribution is 7.91. The van der Waals surface area contributed by atoms with Crippen LogP contribution in [-0.2, 0) is 21.8 Å². The number of nitrogens with zero attached hydrogens (tertiary/aromatic N) is 3. The van der Waals surface area contributed by atoms with E-state index in [2.05, 4.69) is 30.0 Å². The maximum absolute atomic E-state index is 12.6. The fourth-order valence-electron chi connectivity index (χ4n) is 5.17. The predicted octanol–water partition coefficient (Wildman–Crippen LogP) is 5.90. The topological polar surface area (TPSA) is 121 Å². The van der Waals surface area contributed by atoms with Crippen molar-refractivity contribution in [1.82, 2.24) is 9.80 Å². The van der Waals surface area contributed by atoms with Gasteiger partial charge in [-0.3, -0.25) is 10.1 Å². The standard InChI is InChI=1S/C31H43N3O6S/c1-25(2)41(39,40)23-18-31(3,28-9-5-4-6-10-28)17-22-32-20-15-26(16-21-32)8-7-19-33(30(35)36)24-27-11-13-29(14-12-27)34(37)38/h4-14,25-26H,15-24H2,1-3H3,(H,35,36). The molecule has 1 heterocycles. The number of rotatable bonds is 14. The molecule has 0 radical (unpaired) electrons. The maximum Gasteiger partial charge on any atom is 0.407 e. The van der Waals surface area contributed by atoms with E-state index in [1.165, 1.54) is 22.6 Å². The first-order valence-corrected chi connectivity index (χ1v) is 16.0. The van der Waals surface area contributed by atoms with E-state index < -0.39 is 20.9 Å². The van der Waals surface area contributed by atoms with Gasteiger partial charge in [-0.25, -0.2) is 13.2 Å². The van der Waals surface area contributed by atoms with Crippen molar-refractivity contribution in [2.75, 3.05) is 31.9 Å². The van der Waals surface area contributed by atoms with Gasteiger partial charge in [0.25, 0.3) is 5.69 Å². The van der Waals surface area contributed by atoms with Crippen LogP contribution in [0.25, 0.3) is 0 Å². The van der Waals surface area contributed by atoms with Gasteiger partial charge in [-0.15, -0.1) is 0 Å². The molecule has 0 bridgehead atoms. The summed E-state index contributed by atoms with van der Waals surface area (Å²) in [6, 6.07) is 16.1. The molecule has 2 aromatic rings. The third kappa shape index (κ3) is 9.67. The van der Waals surface area contributed by atoms with Gasteiger partial charge in [0.05, 0.1) is 15.9 Å². The zero-order valence-electron chi connectivity index (χ0n) is 24.3. The second-order valence-electron chi connectivity index (χ2n) is 11.5. The average Bonchev–Trinajstić information content (AvgIpc) is 2.95.